The van der Waals surface area contributed by atoms with Crippen molar-refractivity contribution in [2.75, 3.05) is 19.8 Å². The highest BCUT2D eigenvalue weighted by atomic mass is 16.5. The molecule has 3 heteroatoms. The van der Waals surface area contributed by atoms with Crippen molar-refractivity contribution in [3.8, 4) is 0 Å². The summed E-state index contributed by atoms with van der Waals surface area (Å²) in [5.74, 6) is -0.262. The van der Waals surface area contributed by atoms with Crippen molar-refractivity contribution in [3.63, 3.8) is 0 Å². The van der Waals surface area contributed by atoms with Gasteiger partial charge in [0.15, 0.2) is 0 Å². The van der Waals surface area contributed by atoms with Crippen molar-refractivity contribution in [3.05, 3.63) is 12.2 Å². The Labute approximate surface area is 188 Å². The van der Waals surface area contributed by atoms with E-state index in [9.17, 15) is 4.79 Å². The van der Waals surface area contributed by atoms with Gasteiger partial charge in [-0.05, 0) is 26.2 Å². The Morgan fingerprint density at radius 2 is 0.900 bits per heavy atom. The van der Waals surface area contributed by atoms with Gasteiger partial charge >= 0.3 is 5.97 Å². The van der Waals surface area contributed by atoms with Crippen molar-refractivity contribution in [1.82, 2.24) is 0 Å². The van der Waals surface area contributed by atoms with E-state index in [1.807, 2.05) is 0 Å². The minimum Gasteiger partial charge on any atom is -0.462 e. The molecule has 0 aromatic carbocycles. The summed E-state index contributed by atoms with van der Waals surface area (Å²) in [6, 6.07) is 0. The molecule has 0 aliphatic carbocycles. The van der Waals surface area contributed by atoms with Crippen molar-refractivity contribution >= 4 is 5.97 Å². The molecule has 0 aliphatic rings. The topological polar surface area (TPSA) is 35.5 Å². The van der Waals surface area contributed by atoms with E-state index in [0.717, 1.165) is 26.1 Å². The van der Waals surface area contributed by atoms with Crippen LogP contribution in [0.3, 0.4) is 0 Å². The number of rotatable bonds is 24. The predicted molar refractivity (Wildman–Crippen MR) is 130 cm³/mol. The van der Waals surface area contributed by atoms with Crippen LogP contribution in [0.1, 0.15) is 136 Å². The minimum absolute atomic E-state index is 0.262. The van der Waals surface area contributed by atoms with Crippen LogP contribution in [0.5, 0.6) is 0 Å². The molecule has 0 saturated heterocycles. The molecule has 0 unspecified atom stereocenters. The lowest BCUT2D eigenvalue weighted by Gasteiger charge is -2.06. The van der Waals surface area contributed by atoms with Crippen molar-refractivity contribution in [2.24, 2.45) is 0 Å². The van der Waals surface area contributed by atoms with Gasteiger partial charge in [0, 0.05) is 18.8 Å². The average Bonchev–Trinajstić information content (AvgIpc) is 2.74. The van der Waals surface area contributed by atoms with Crippen LogP contribution in [0.4, 0.5) is 0 Å². The zero-order valence-electron chi connectivity index (χ0n) is 20.5. The van der Waals surface area contributed by atoms with Crippen LogP contribution in [0, 0.1) is 0 Å². The second-order valence-electron chi connectivity index (χ2n) is 8.89. The molecule has 3 nitrogen and oxygen atoms in total. The number of esters is 1. The summed E-state index contributed by atoms with van der Waals surface area (Å²) >= 11 is 0. The summed E-state index contributed by atoms with van der Waals surface area (Å²) in [4.78, 5) is 11.2. The first-order chi connectivity index (χ1) is 14.7. The van der Waals surface area contributed by atoms with Crippen LogP contribution < -0.4 is 0 Å². The summed E-state index contributed by atoms with van der Waals surface area (Å²) < 4.78 is 10.9. The lowest BCUT2D eigenvalue weighted by Crippen LogP contribution is -2.05. The van der Waals surface area contributed by atoms with Crippen LogP contribution in [0.25, 0.3) is 0 Å². The Morgan fingerprint density at radius 3 is 1.27 bits per heavy atom. The van der Waals surface area contributed by atoms with Crippen LogP contribution >= 0.6 is 0 Å². The molecule has 0 bridgehead atoms. The van der Waals surface area contributed by atoms with E-state index < -0.39 is 0 Å². The fourth-order valence-electron chi connectivity index (χ4n) is 3.63. The fraction of sp³-hybridized carbons (Fsp3) is 0.889. The van der Waals surface area contributed by atoms with E-state index in [-0.39, 0.29) is 5.97 Å². The maximum absolute atomic E-state index is 11.2. The molecule has 0 aromatic rings. The SMILES string of the molecule is C=C(C)C(=O)OCCCCCCCCCCCOCCCCCCCCCCCC. The normalized spacial score (nSPS) is 11.0. The number of ether oxygens (including phenoxy) is 2. The van der Waals surface area contributed by atoms with E-state index in [0.29, 0.717) is 12.2 Å². The Balaban J connectivity index is 3.05. The van der Waals surface area contributed by atoms with E-state index in [4.69, 9.17) is 9.47 Å². The Hall–Kier alpha value is -0.830. The molecule has 0 saturated carbocycles. The highest BCUT2D eigenvalue weighted by Gasteiger charge is 2.01. The quantitative estimate of drug-likeness (QED) is 0.0884. The molecule has 0 aromatic heterocycles. The maximum atomic E-state index is 11.2. The first-order valence-electron chi connectivity index (χ1n) is 13.1. The van der Waals surface area contributed by atoms with Crippen molar-refractivity contribution < 1.29 is 14.3 Å². The zero-order chi connectivity index (χ0) is 22.1. The first-order valence-corrected chi connectivity index (χ1v) is 13.1. The predicted octanol–water partition coefficient (Wildman–Crippen LogP) is 8.55. The molecule has 178 valence electrons. The van der Waals surface area contributed by atoms with Gasteiger partial charge in [-0.2, -0.15) is 0 Å². The summed E-state index contributed by atoms with van der Waals surface area (Å²) in [6.07, 6.45) is 25.0. The van der Waals surface area contributed by atoms with E-state index in [1.54, 1.807) is 6.92 Å². The number of carbonyl (C=O) groups excluding carboxylic acids is 1. The average molecular weight is 425 g/mol. The maximum Gasteiger partial charge on any atom is 0.333 e. The second-order valence-corrected chi connectivity index (χ2v) is 8.89. The number of hydrogen-bond donors (Lipinski definition) is 0. The first kappa shape index (κ1) is 29.2. The summed E-state index contributed by atoms with van der Waals surface area (Å²) in [5, 5.41) is 0. The summed E-state index contributed by atoms with van der Waals surface area (Å²) in [7, 11) is 0. The summed E-state index contributed by atoms with van der Waals surface area (Å²) in [6.45, 7) is 9.98. The Kier molecular flexibility index (Phi) is 23.8. The number of hydrogen-bond acceptors (Lipinski definition) is 3. The molecule has 0 aliphatic heterocycles. The lowest BCUT2D eigenvalue weighted by molar-refractivity contribution is -0.139. The Bertz CT molecular complexity index is 378. The third-order valence-corrected chi connectivity index (χ3v) is 5.66. The Morgan fingerprint density at radius 1 is 0.567 bits per heavy atom. The molecule has 0 N–H and O–H groups in total. The van der Waals surface area contributed by atoms with Gasteiger partial charge < -0.3 is 9.47 Å². The molecule has 0 heterocycles. The van der Waals surface area contributed by atoms with Crippen molar-refractivity contribution in [2.45, 2.75) is 136 Å². The molecule has 30 heavy (non-hydrogen) atoms. The number of carbonyl (C=O) groups is 1. The smallest absolute Gasteiger partial charge is 0.333 e. The third-order valence-electron chi connectivity index (χ3n) is 5.66. The van der Waals surface area contributed by atoms with Crippen LogP contribution in [0.2, 0.25) is 0 Å². The third kappa shape index (κ3) is 23.4. The van der Waals surface area contributed by atoms with E-state index in [1.165, 1.54) is 109 Å². The second kappa shape index (κ2) is 24.4. The lowest BCUT2D eigenvalue weighted by atomic mass is 10.1. The monoisotopic (exact) mass is 424 g/mol. The molecule has 0 fully saturated rings. The van der Waals surface area contributed by atoms with Gasteiger partial charge in [0.25, 0.3) is 0 Å². The van der Waals surface area contributed by atoms with Gasteiger partial charge in [0.1, 0.15) is 0 Å². The van der Waals surface area contributed by atoms with Gasteiger partial charge in [-0.25, -0.2) is 4.79 Å². The molecule has 0 radical (unpaired) electrons. The highest BCUT2D eigenvalue weighted by Crippen LogP contribution is 2.12. The standard InChI is InChI=1S/C27H52O3/c1-4-5-6-7-8-9-11-14-17-20-23-29-24-21-18-15-12-10-13-16-19-22-25-30-27(28)26(2)3/h2,4-25H2,1,3H3. The minimum atomic E-state index is -0.262. The van der Waals surface area contributed by atoms with Crippen LogP contribution in [-0.4, -0.2) is 25.8 Å². The van der Waals surface area contributed by atoms with Gasteiger partial charge in [-0.1, -0.05) is 116 Å². The molecular weight excluding hydrogens is 372 g/mol. The van der Waals surface area contributed by atoms with Gasteiger partial charge in [-0.15, -0.1) is 0 Å². The van der Waals surface area contributed by atoms with Crippen molar-refractivity contribution in [1.29, 1.82) is 0 Å². The van der Waals surface area contributed by atoms with E-state index in [2.05, 4.69) is 13.5 Å². The summed E-state index contributed by atoms with van der Waals surface area (Å²) in [5.41, 5.74) is 0.485. The largest absolute Gasteiger partial charge is 0.462 e. The van der Waals surface area contributed by atoms with Gasteiger partial charge in [0.05, 0.1) is 6.61 Å². The highest BCUT2D eigenvalue weighted by molar-refractivity contribution is 5.86. The molecule has 0 amide bonds. The molecule has 0 spiro atoms. The molecular formula is C27H52O3. The van der Waals surface area contributed by atoms with Gasteiger partial charge in [0.2, 0.25) is 0 Å². The van der Waals surface area contributed by atoms with E-state index >= 15 is 0 Å². The zero-order valence-corrected chi connectivity index (χ0v) is 20.5. The number of unbranched alkanes of at least 4 members (excludes halogenated alkanes) is 17. The fourth-order valence-corrected chi connectivity index (χ4v) is 3.63. The van der Waals surface area contributed by atoms with Crippen LogP contribution in [-0.2, 0) is 14.3 Å². The van der Waals surface area contributed by atoms with Gasteiger partial charge in [-0.3, -0.25) is 0 Å². The molecule has 0 atom stereocenters. The molecule has 0 rings (SSSR count). The van der Waals surface area contributed by atoms with Crippen LogP contribution in [0.15, 0.2) is 12.2 Å².